The molecule has 1 N–H and O–H groups in total. The molecule has 0 saturated carbocycles. The molecular formula is C13H13ClN4O. The number of aromatic nitrogens is 2. The average Bonchev–Trinajstić information content (AvgIpc) is 2.38. The maximum absolute atomic E-state index is 5.83. The smallest absolute Gasteiger partial charge is 0.151 e. The molecule has 1 aromatic heterocycles. The number of methoxy groups -OCH3 is 1. The highest BCUT2D eigenvalue weighted by Gasteiger charge is 1.99. The Balaban J connectivity index is 2.11. The maximum atomic E-state index is 5.83. The molecule has 2 aromatic rings. The molecule has 0 bridgehead atoms. The van der Waals surface area contributed by atoms with Crippen LogP contribution in [0.25, 0.3) is 0 Å². The first-order chi connectivity index (χ1) is 9.19. The van der Waals surface area contributed by atoms with E-state index in [1.807, 2.05) is 24.3 Å². The Morgan fingerprint density at radius 2 is 2.11 bits per heavy atom. The van der Waals surface area contributed by atoms with Crippen molar-refractivity contribution >= 4 is 23.6 Å². The molecule has 2 rings (SSSR count). The molecule has 0 aliphatic rings. The highest BCUT2D eigenvalue weighted by atomic mass is 35.5. The molecule has 0 unspecified atom stereocenters. The van der Waals surface area contributed by atoms with Gasteiger partial charge in [0, 0.05) is 11.6 Å². The Labute approximate surface area is 116 Å². The summed E-state index contributed by atoms with van der Waals surface area (Å²) < 4.78 is 5.22. The zero-order chi connectivity index (χ0) is 13.7. The van der Waals surface area contributed by atoms with Gasteiger partial charge in [0.15, 0.2) is 5.82 Å². The van der Waals surface area contributed by atoms with Gasteiger partial charge in [-0.3, -0.25) is 5.43 Å². The fraction of sp³-hybridized carbons (Fsp3) is 0.154. The normalized spacial score (nSPS) is 10.7. The number of para-hydroxylation sites is 1. The van der Waals surface area contributed by atoms with Crippen LogP contribution in [-0.4, -0.2) is 23.3 Å². The predicted octanol–water partition coefficient (Wildman–Crippen LogP) is 2.89. The zero-order valence-electron chi connectivity index (χ0n) is 10.6. The molecule has 98 valence electrons. The van der Waals surface area contributed by atoms with Gasteiger partial charge in [-0.1, -0.05) is 23.7 Å². The molecule has 6 heteroatoms. The third-order valence-corrected chi connectivity index (χ3v) is 2.52. The Morgan fingerprint density at radius 1 is 1.32 bits per heavy atom. The van der Waals surface area contributed by atoms with Crippen molar-refractivity contribution in [1.82, 2.24) is 9.97 Å². The van der Waals surface area contributed by atoms with E-state index in [1.165, 1.54) is 0 Å². The van der Waals surface area contributed by atoms with Crippen molar-refractivity contribution in [2.45, 2.75) is 6.92 Å². The van der Waals surface area contributed by atoms with E-state index in [9.17, 15) is 0 Å². The first kappa shape index (κ1) is 13.3. The first-order valence-electron chi connectivity index (χ1n) is 5.62. The number of hydrogen-bond donors (Lipinski definition) is 1. The lowest BCUT2D eigenvalue weighted by molar-refractivity contribution is 0.414. The topological polar surface area (TPSA) is 59.4 Å². The molecule has 0 atom stereocenters. The summed E-state index contributed by atoms with van der Waals surface area (Å²) in [4.78, 5) is 8.13. The van der Waals surface area contributed by atoms with E-state index in [4.69, 9.17) is 16.3 Å². The molecule has 1 heterocycles. The number of nitrogens with one attached hydrogen (secondary N) is 1. The minimum Gasteiger partial charge on any atom is -0.496 e. The van der Waals surface area contributed by atoms with Crippen LogP contribution in [0, 0.1) is 6.92 Å². The zero-order valence-corrected chi connectivity index (χ0v) is 11.3. The molecule has 0 radical (unpaired) electrons. The summed E-state index contributed by atoms with van der Waals surface area (Å²) in [5, 5.41) is 4.48. The maximum Gasteiger partial charge on any atom is 0.151 e. The number of halogens is 1. The molecule has 19 heavy (non-hydrogen) atoms. The van der Waals surface area contributed by atoms with Gasteiger partial charge in [0.2, 0.25) is 0 Å². The second-order valence-corrected chi connectivity index (χ2v) is 4.12. The van der Waals surface area contributed by atoms with E-state index >= 15 is 0 Å². The molecule has 0 fully saturated rings. The summed E-state index contributed by atoms with van der Waals surface area (Å²) in [5.74, 6) is 1.89. The number of anilines is 1. The fourth-order valence-electron chi connectivity index (χ4n) is 1.53. The Kier molecular flexibility index (Phi) is 4.30. The summed E-state index contributed by atoms with van der Waals surface area (Å²) in [5.41, 5.74) is 3.67. The number of aryl methyl sites for hydroxylation is 1. The van der Waals surface area contributed by atoms with Gasteiger partial charge in [-0.2, -0.15) is 5.10 Å². The average molecular weight is 277 g/mol. The summed E-state index contributed by atoms with van der Waals surface area (Å²) in [6.07, 6.45) is 1.66. The van der Waals surface area contributed by atoms with Gasteiger partial charge < -0.3 is 4.74 Å². The third-order valence-electron chi connectivity index (χ3n) is 2.33. The standard InChI is InChI=1S/C13H13ClN4O/c1-9-16-12(14)7-13(17-9)18-15-8-10-5-3-4-6-11(10)19-2/h3-8H,1-2H3,(H,16,17,18)/b15-8+. The number of nitrogens with zero attached hydrogens (tertiary/aromatic N) is 3. The van der Waals surface area contributed by atoms with Crippen molar-refractivity contribution in [3.63, 3.8) is 0 Å². The highest BCUT2D eigenvalue weighted by Crippen LogP contribution is 2.15. The van der Waals surface area contributed by atoms with Crippen LogP contribution in [-0.2, 0) is 0 Å². The van der Waals surface area contributed by atoms with Gasteiger partial charge in [-0.05, 0) is 19.1 Å². The molecule has 5 nitrogen and oxygen atoms in total. The molecule has 0 aliphatic heterocycles. The monoisotopic (exact) mass is 276 g/mol. The van der Waals surface area contributed by atoms with Crippen LogP contribution in [0.5, 0.6) is 5.75 Å². The SMILES string of the molecule is COc1ccccc1/C=N/Nc1cc(Cl)nc(C)n1. The van der Waals surface area contributed by atoms with Crippen LogP contribution in [0.2, 0.25) is 5.15 Å². The second-order valence-electron chi connectivity index (χ2n) is 3.74. The molecule has 0 amide bonds. The molecule has 1 aromatic carbocycles. The number of ether oxygens (including phenoxy) is 1. The number of benzene rings is 1. The lowest BCUT2D eigenvalue weighted by Crippen LogP contribution is -1.98. The van der Waals surface area contributed by atoms with Crippen LogP contribution in [0.4, 0.5) is 5.82 Å². The minimum absolute atomic E-state index is 0.377. The summed E-state index contributed by atoms with van der Waals surface area (Å²) in [6, 6.07) is 9.19. The van der Waals surface area contributed by atoms with Crippen LogP contribution < -0.4 is 10.2 Å². The van der Waals surface area contributed by atoms with Crippen LogP contribution in [0.15, 0.2) is 35.4 Å². The Morgan fingerprint density at radius 3 is 2.84 bits per heavy atom. The van der Waals surface area contributed by atoms with Gasteiger partial charge >= 0.3 is 0 Å². The third kappa shape index (κ3) is 3.66. The number of hydrazone groups is 1. The van der Waals surface area contributed by atoms with E-state index in [0.717, 1.165) is 11.3 Å². The lowest BCUT2D eigenvalue weighted by Gasteiger charge is -2.04. The lowest BCUT2D eigenvalue weighted by atomic mass is 10.2. The van der Waals surface area contributed by atoms with Crippen LogP contribution in [0.1, 0.15) is 11.4 Å². The van der Waals surface area contributed by atoms with Crippen molar-refractivity contribution in [3.05, 3.63) is 46.9 Å². The highest BCUT2D eigenvalue weighted by molar-refractivity contribution is 6.29. The van der Waals surface area contributed by atoms with Crippen molar-refractivity contribution in [3.8, 4) is 5.75 Å². The largest absolute Gasteiger partial charge is 0.496 e. The molecular weight excluding hydrogens is 264 g/mol. The van der Waals surface area contributed by atoms with Crippen molar-refractivity contribution in [2.75, 3.05) is 12.5 Å². The van der Waals surface area contributed by atoms with E-state index < -0.39 is 0 Å². The minimum atomic E-state index is 0.377. The van der Waals surface area contributed by atoms with Gasteiger partial charge in [-0.15, -0.1) is 0 Å². The summed E-state index contributed by atoms with van der Waals surface area (Å²) >= 11 is 5.83. The van der Waals surface area contributed by atoms with Crippen molar-refractivity contribution in [2.24, 2.45) is 5.10 Å². The Hall–Kier alpha value is -2.14. The van der Waals surface area contributed by atoms with Crippen LogP contribution in [0.3, 0.4) is 0 Å². The van der Waals surface area contributed by atoms with E-state index in [-0.39, 0.29) is 0 Å². The van der Waals surface area contributed by atoms with Gasteiger partial charge in [-0.25, -0.2) is 9.97 Å². The van der Waals surface area contributed by atoms with E-state index in [2.05, 4.69) is 20.5 Å². The van der Waals surface area contributed by atoms with E-state index in [1.54, 1.807) is 26.3 Å². The van der Waals surface area contributed by atoms with Gasteiger partial charge in [0.05, 0.1) is 13.3 Å². The van der Waals surface area contributed by atoms with Crippen molar-refractivity contribution < 1.29 is 4.74 Å². The second kappa shape index (κ2) is 6.15. The fourth-order valence-corrected chi connectivity index (χ4v) is 1.76. The number of rotatable bonds is 4. The van der Waals surface area contributed by atoms with Crippen LogP contribution >= 0.6 is 11.6 Å². The first-order valence-corrected chi connectivity index (χ1v) is 6.00. The molecule has 0 saturated heterocycles. The van der Waals surface area contributed by atoms with E-state index in [0.29, 0.717) is 16.8 Å². The predicted molar refractivity (Wildman–Crippen MR) is 76.0 cm³/mol. The molecule has 0 aliphatic carbocycles. The van der Waals surface area contributed by atoms with Gasteiger partial charge in [0.1, 0.15) is 16.7 Å². The summed E-state index contributed by atoms with van der Waals surface area (Å²) in [6.45, 7) is 1.76. The Bertz CT molecular complexity index is 581. The van der Waals surface area contributed by atoms with Gasteiger partial charge in [0.25, 0.3) is 0 Å². The number of hydrogen-bond acceptors (Lipinski definition) is 5. The summed E-state index contributed by atoms with van der Waals surface area (Å²) in [7, 11) is 1.62. The quantitative estimate of drug-likeness (QED) is 0.530. The van der Waals surface area contributed by atoms with Crippen molar-refractivity contribution in [1.29, 1.82) is 0 Å². The molecule has 0 spiro atoms.